The van der Waals surface area contributed by atoms with E-state index in [9.17, 15) is 4.79 Å². The summed E-state index contributed by atoms with van der Waals surface area (Å²) in [6, 6.07) is 0.532. The molecule has 3 heteroatoms. The van der Waals surface area contributed by atoms with Gasteiger partial charge in [0.2, 0.25) is 5.91 Å². The highest BCUT2D eigenvalue weighted by Gasteiger charge is 2.31. The molecule has 1 atom stereocenters. The fourth-order valence-electron chi connectivity index (χ4n) is 3.66. The Balaban J connectivity index is 1.72. The van der Waals surface area contributed by atoms with E-state index in [-0.39, 0.29) is 0 Å². The molecule has 3 rings (SSSR count). The van der Waals surface area contributed by atoms with Gasteiger partial charge in [0.1, 0.15) is 0 Å². The van der Waals surface area contributed by atoms with E-state index in [1.165, 1.54) is 11.3 Å². The first-order valence-electron chi connectivity index (χ1n) is 8.28. The summed E-state index contributed by atoms with van der Waals surface area (Å²) >= 11 is 0. The normalized spacial score (nSPS) is 25.3. The van der Waals surface area contributed by atoms with Crippen molar-refractivity contribution in [2.75, 3.05) is 19.6 Å². The molecule has 0 saturated carbocycles. The molecular weight excluding hydrogens is 260 g/mol. The Kier molecular flexibility index (Phi) is 4.18. The van der Waals surface area contributed by atoms with Crippen LogP contribution in [0, 0.1) is 5.92 Å². The number of hydrogen-bond donors (Lipinski definition) is 0. The van der Waals surface area contributed by atoms with Crippen LogP contribution in [0.25, 0.3) is 0 Å². The second-order valence-corrected chi connectivity index (χ2v) is 6.60. The summed E-state index contributed by atoms with van der Waals surface area (Å²) in [6.45, 7) is 7.50. The van der Waals surface area contributed by atoms with Gasteiger partial charge in [-0.2, -0.15) is 0 Å². The molecule has 1 fully saturated rings. The summed E-state index contributed by atoms with van der Waals surface area (Å²) < 4.78 is 0. The first-order valence-corrected chi connectivity index (χ1v) is 8.28. The minimum absolute atomic E-state index is 0.347. The lowest BCUT2D eigenvalue weighted by molar-refractivity contribution is -0.127. The van der Waals surface area contributed by atoms with E-state index < -0.39 is 0 Å². The number of carbonyl (C=O) groups excluding carboxylic acids is 1. The van der Waals surface area contributed by atoms with Crippen molar-refractivity contribution < 1.29 is 4.79 Å². The molecule has 1 amide bonds. The molecule has 0 spiro atoms. The molecule has 114 valence electrons. The molecule has 21 heavy (non-hydrogen) atoms. The van der Waals surface area contributed by atoms with Crippen LogP contribution < -0.4 is 0 Å². The molecule has 0 aromatic rings. The third-order valence-electron chi connectivity index (χ3n) is 4.85. The average molecular weight is 286 g/mol. The van der Waals surface area contributed by atoms with Crippen LogP contribution in [0.5, 0.6) is 0 Å². The van der Waals surface area contributed by atoms with Crippen molar-refractivity contribution in [1.82, 2.24) is 9.80 Å². The Labute approximate surface area is 128 Å². The van der Waals surface area contributed by atoms with Gasteiger partial charge in [-0.3, -0.25) is 4.79 Å². The van der Waals surface area contributed by atoms with Crippen molar-refractivity contribution in [2.45, 2.75) is 45.6 Å². The fourth-order valence-corrected chi connectivity index (χ4v) is 3.66. The molecule has 3 nitrogen and oxygen atoms in total. The predicted octanol–water partition coefficient (Wildman–Crippen LogP) is 3.11. The summed E-state index contributed by atoms with van der Waals surface area (Å²) in [7, 11) is 0. The quantitative estimate of drug-likeness (QED) is 0.793. The van der Waals surface area contributed by atoms with Gasteiger partial charge in [-0.15, -0.1) is 0 Å². The highest BCUT2D eigenvalue weighted by molar-refractivity contribution is 5.78. The minimum Gasteiger partial charge on any atom is -0.368 e. The number of hydrogen-bond acceptors (Lipinski definition) is 2. The van der Waals surface area contributed by atoms with Crippen molar-refractivity contribution in [3.8, 4) is 0 Å². The number of allylic oxidation sites excluding steroid dienone is 4. The van der Waals surface area contributed by atoms with Gasteiger partial charge < -0.3 is 9.80 Å². The molecule has 1 aliphatic carbocycles. The van der Waals surface area contributed by atoms with Crippen molar-refractivity contribution in [1.29, 1.82) is 0 Å². The van der Waals surface area contributed by atoms with E-state index in [1.807, 2.05) is 0 Å². The van der Waals surface area contributed by atoms with Gasteiger partial charge in [0.25, 0.3) is 0 Å². The van der Waals surface area contributed by atoms with E-state index in [0.717, 1.165) is 45.3 Å². The molecule has 0 bridgehead atoms. The Morgan fingerprint density at radius 2 is 2.10 bits per heavy atom. The van der Waals surface area contributed by atoms with Gasteiger partial charge >= 0.3 is 0 Å². The third kappa shape index (κ3) is 2.92. The number of likely N-dealkylation sites (tertiary alicyclic amines) is 1. The van der Waals surface area contributed by atoms with E-state index in [0.29, 0.717) is 17.9 Å². The lowest BCUT2D eigenvalue weighted by Crippen LogP contribution is -2.31. The fraction of sp³-hybridized carbons (Fsp3) is 0.611. The van der Waals surface area contributed by atoms with Crippen LogP contribution >= 0.6 is 0 Å². The summed E-state index contributed by atoms with van der Waals surface area (Å²) in [4.78, 5) is 16.3. The van der Waals surface area contributed by atoms with E-state index in [4.69, 9.17) is 0 Å². The molecule has 0 aromatic heterocycles. The van der Waals surface area contributed by atoms with Gasteiger partial charge in [-0.25, -0.2) is 0 Å². The van der Waals surface area contributed by atoms with E-state index in [1.54, 1.807) is 0 Å². The van der Waals surface area contributed by atoms with Gasteiger partial charge in [0, 0.05) is 43.7 Å². The molecule has 1 saturated heterocycles. The third-order valence-corrected chi connectivity index (χ3v) is 4.85. The van der Waals surface area contributed by atoms with Crippen LogP contribution in [0.3, 0.4) is 0 Å². The maximum atomic E-state index is 11.8. The SMILES string of the molecule is CC(C)N1CC(CCN2CCCC2=O)C2=C1C=CCC=C2. The van der Waals surface area contributed by atoms with Gasteiger partial charge in [0.15, 0.2) is 0 Å². The number of rotatable bonds is 4. The topological polar surface area (TPSA) is 23.6 Å². The second kappa shape index (κ2) is 6.08. The van der Waals surface area contributed by atoms with Crippen LogP contribution in [0.1, 0.15) is 39.5 Å². The largest absolute Gasteiger partial charge is 0.368 e. The molecule has 0 radical (unpaired) electrons. The number of carbonyl (C=O) groups is 1. The van der Waals surface area contributed by atoms with Gasteiger partial charge in [-0.05, 0) is 44.8 Å². The van der Waals surface area contributed by atoms with Crippen molar-refractivity contribution in [2.24, 2.45) is 5.92 Å². The first-order chi connectivity index (χ1) is 10.2. The Bertz CT molecular complexity index is 501. The van der Waals surface area contributed by atoms with E-state index in [2.05, 4.69) is 48.0 Å². The summed E-state index contributed by atoms with van der Waals surface area (Å²) in [5.74, 6) is 0.911. The summed E-state index contributed by atoms with van der Waals surface area (Å²) in [5, 5.41) is 0. The highest BCUT2D eigenvalue weighted by atomic mass is 16.2. The van der Waals surface area contributed by atoms with E-state index >= 15 is 0 Å². The Morgan fingerprint density at radius 3 is 2.81 bits per heavy atom. The zero-order chi connectivity index (χ0) is 14.8. The summed E-state index contributed by atoms with van der Waals surface area (Å²) in [6.07, 6.45) is 13.0. The molecule has 3 aliphatic rings. The van der Waals surface area contributed by atoms with Crippen LogP contribution in [0.2, 0.25) is 0 Å². The monoisotopic (exact) mass is 286 g/mol. The van der Waals surface area contributed by atoms with Crippen LogP contribution in [-0.4, -0.2) is 41.4 Å². The maximum absolute atomic E-state index is 11.8. The molecule has 0 N–H and O–H groups in total. The van der Waals surface area contributed by atoms with Gasteiger partial charge in [-0.1, -0.05) is 18.2 Å². The average Bonchev–Trinajstić information content (AvgIpc) is 2.92. The minimum atomic E-state index is 0.347. The zero-order valence-corrected chi connectivity index (χ0v) is 13.2. The summed E-state index contributed by atoms with van der Waals surface area (Å²) in [5.41, 5.74) is 2.88. The lowest BCUT2D eigenvalue weighted by atomic mass is 9.96. The smallest absolute Gasteiger partial charge is 0.222 e. The predicted molar refractivity (Wildman–Crippen MR) is 85.7 cm³/mol. The maximum Gasteiger partial charge on any atom is 0.222 e. The van der Waals surface area contributed by atoms with Crippen LogP contribution in [0.4, 0.5) is 0 Å². The number of amides is 1. The van der Waals surface area contributed by atoms with Crippen molar-refractivity contribution in [3.63, 3.8) is 0 Å². The standard InChI is InChI=1S/C18H26N2O/c1-14(2)20-13-15(10-12-19-11-6-9-18(19)21)16-7-4-3-5-8-17(16)20/h4-5,7-8,14-15H,3,6,9-13H2,1-2H3. The lowest BCUT2D eigenvalue weighted by Gasteiger charge is -2.26. The van der Waals surface area contributed by atoms with Gasteiger partial charge in [0.05, 0.1) is 0 Å². The Hall–Kier alpha value is -1.51. The first kappa shape index (κ1) is 14.4. The van der Waals surface area contributed by atoms with Crippen molar-refractivity contribution in [3.05, 3.63) is 35.6 Å². The highest BCUT2D eigenvalue weighted by Crippen LogP contribution is 2.35. The molecule has 2 aliphatic heterocycles. The van der Waals surface area contributed by atoms with Crippen LogP contribution in [0.15, 0.2) is 35.6 Å². The second-order valence-electron chi connectivity index (χ2n) is 6.60. The molecule has 2 heterocycles. The van der Waals surface area contributed by atoms with Crippen LogP contribution in [-0.2, 0) is 4.79 Å². The molecule has 0 aromatic carbocycles. The van der Waals surface area contributed by atoms with Crippen molar-refractivity contribution >= 4 is 5.91 Å². The zero-order valence-electron chi connectivity index (χ0n) is 13.2. The molecular formula is C18H26N2O. The Morgan fingerprint density at radius 1 is 1.29 bits per heavy atom. The number of nitrogens with zero attached hydrogens (tertiary/aromatic N) is 2. The molecule has 1 unspecified atom stereocenters.